The Morgan fingerprint density at radius 2 is 1.27 bits per heavy atom. The second kappa shape index (κ2) is 28.4. The normalized spacial score (nSPS) is 15.7. The number of anilines is 3. The van der Waals surface area contributed by atoms with Crippen LogP contribution in [0.15, 0.2) is 42.7 Å². The summed E-state index contributed by atoms with van der Waals surface area (Å²) in [6.45, 7) is 14.0. The number of nitrogens with two attached hydrogens (primary N) is 2. The number of benzene rings is 1. The SMILES string of the molecule is C#CCOCCOCCOCCNc1nc(N2CCN(C(=O)C(CCC(=O)O)n3cc(C(N)CC(C)C)nn3)CC2)nc(N2CCN(C(=O)C(Cc3cc4ccccc4[nH]3)n3cc(C(N)CC(C)C)nn3)CC2)n1.[Cl-]. The van der Waals surface area contributed by atoms with E-state index in [1.54, 1.807) is 22.0 Å². The molecule has 7 N–H and O–H groups in total. The highest BCUT2D eigenvalue weighted by Crippen LogP contribution is 2.27. The Labute approximate surface area is 444 Å². The minimum absolute atomic E-state index is 0. The third-order valence-electron chi connectivity index (χ3n) is 12.9. The predicted octanol–water partition coefficient (Wildman–Crippen LogP) is -0.386. The summed E-state index contributed by atoms with van der Waals surface area (Å²) < 4.78 is 19.7. The van der Waals surface area contributed by atoms with Crippen molar-refractivity contribution in [2.75, 3.05) is 114 Å². The van der Waals surface area contributed by atoms with Crippen molar-refractivity contribution in [2.24, 2.45) is 23.3 Å². The molecule has 2 fully saturated rings. The maximum atomic E-state index is 14.7. The number of nitrogens with one attached hydrogen (secondary N) is 2. The van der Waals surface area contributed by atoms with Crippen LogP contribution in [0.3, 0.4) is 0 Å². The van der Waals surface area contributed by atoms with E-state index in [1.165, 1.54) is 4.68 Å². The number of rotatable bonds is 28. The van der Waals surface area contributed by atoms with E-state index >= 15 is 0 Å². The predicted molar refractivity (Wildman–Crippen MR) is 277 cm³/mol. The number of piperazine rings is 2. The van der Waals surface area contributed by atoms with Gasteiger partial charge in [0.15, 0.2) is 0 Å². The van der Waals surface area contributed by atoms with Crippen molar-refractivity contribution in [2.45, 2.75) is 84.0 Å². The first-order valence-corrected chi connectivity index (χ1v) is 25.6. The number of ether oxygens (including phenoxy) is 3. The minimum Gasteiger partial charge on any atom is -1.00 e. The topological polar surface area (TPSA) is 292 Å². The number of carboxylic acids is 1. The number of fused-ring (bicyclic) bond motifs is 1. The fourth-order valence-electron chi connectivity index (χ4n) is 9.05. The quantitative estimate of drug-likeness (QED) is 0.0315. The van der Waals surface area contributed by atoms with Crippen molar-refractivity contribution in [3.8, 4) is 12.3 Å². The number of aliphatic carboxylic acids is 1. The number of halogens is 1. The molecule has 0 saturated carbocycles. The van der Waals surface area contributed by atoms with E-state index in [4.69, 9.17) is 47.1 Å². The molecule has 2 aliphatic heterocycles. The molecule has 4 atom stereocenters. The Bertz CT molecular complexity index is 2590. The summed E-state index contributed by atoms with van der Waals surface area (Å²) in [5, 5.41) is 31.3. The molecule has 0 aliphatic carbocycles. The van der Waals surface area contributed by atoms with E-state index in [0.29, 0.717) is 146 Å². The Morgan fingerprint density at radius 1 is 0.747 bits per heavy atom. The van der Waals surface area contributed by atoms with Crippen molar-refractivity contribution >= 4 is 46.5 Å². The summed E-state index contributed by atoms with van der Waals surface area (Å²) in [6, 6.07) is 7.86. The van der Waals surface area contributed by atoms with Gasteiger partial charge < -0.3 is 73.1 Å². The molecule has 4 unspecified atom stereocenters. The van der Waals surface area contributed by atoms with E-state index in [2.05, 4.69) is 70.6 Å². The van der Waals surface area contributed by atoms with E-state index in [1.807, 2.05) is 39.0 Å². The fraction of sp³-hybridized carbons (Fsp3) is 0.600. The second-order valence-corrected chi connectivity index (χ2v) is 19.6. The summed E-state index contributed by atoms with van der Waals surface area (Å²) in [7, 11) is 0. The van der Waals surface area contributed by atoms with Crippen molar-refractivity contribution in [1.29, 1.82) is 0 Å². The van der Waals surface area contributed by atoms with Gasteiger partial charge in [-0.25, -0.2) is 9.36 Å². The van der Waals surface area contributed by atoms with Crippen LogP contribution in [0.5, 0.6) is 0 Å². The molecule has 408 valence electrons. The summed E-state index contributed by atoms with van der Waals surface area (Å²) in [6.07, 6.45) is 10.3. The van der Waals surface area contributed by atoms with Gasteiger partial charge in [-0.3, -0.25) is 14.4 Å². The van der Waals surface area contributed by atoms with Gasteiger partial charge in [-0.05, 0) is 48.6 Å². The Hall–Kier alpha value is -6.49. The molecule has 5 aromatic rings. The highest BCUT2D eigenvalue weighted by Gasteiger charge is 2.34. The number of aromatic amines is 1. The lowest BCUT2D eigenvalue weighted by Gasteiger charge is -2.38. The number of nitrogens with zero attached hydrogens (tertiary/aromatic N) is 13. The van der Waals surface area contributed by atoms with E-state index in [0.717, 1.165) is 23.0 Å². The van der Waals surface area contributed by atoms with Crippen molar-refractivity contribution in [1.82, 2.24) is 59.7 Å². The first kappa shape index (κ1) is 57.8. The van der Waals surface area contributed by atoms with Crippen LogP contribution in [0.4, 0.5) is 17.8 Å². The number of hydrogen-bond donors (Lipinski definition) is 5. The third-order valence-corrected chi connectivity index (χ3v) is 12.9. The molecule has 2 saturated heterocycles. The van der Waals surface area contributed by atoms with E-state index < -0.39 is 18.1 Å². The van der Waals surface area contributed by atoms with E-state index in [9.17, 15) is 19.5 Å². The molecule has 7 rings (SSSR count). The maximum absolute atomic E-state index is 14.7. The molecule has 24 nitrogen and oxygen atoms in total. The zero-order chi connectivity index (χ0) is 52.6. The molecule has 6 heterocycles. The van der Waals surface area contributed by atoms with Gasteiger partial charge in [-0.2, -0.15) is 15.0 Å². The molecule has 0 bridgehead atoms. The molecule has 0 spiro atoms. The Kier molecular flexibility index (Phi) is 21.9. The Balaban J connectivity index is 0.00000914. The number of carboxylic acid groups (broad SMARTS) is 1. The van der Waals surface area contributed by atoms with Crippen molar-refractivity contribution < 1.29 is 46.1 Å². The molecule has 2 amide bonds. The number of para-hydroxylation sites is 1. The van der Waals surface area contributed by atoms with Crippen LogP contribution < -0.4 is 39.0 Å². The molecule has 4 aromatic heterocycles. The summed E-state index contributed by atoms with van der Waals surface area (Å²) in [4.78, 5) is 66.2. The summed E-state index contributed by atoms with van der Waals surface area (Å²) in [5.41, 5.74) is 16.0. The number of H-pyrrole nitrogens is 1. The van der Waals surface area contributed by atoms with Gasteiger partial charge >= 0.3 is 5.97 Å². The number of terminal acetylenes is 1. The number of carbonyl (C=O) groups is 3. The highest BCUT2D eigenvalue weighted by molar-refractivity contribution is 5.83. The molecule has 1 aromatic carbocycles. The molecule has 75 heavy (non-hydrogen) atoms. The van der Waals surface area contributed by atoms with Crippen molar-refractivity contribution in [3.05, 3.63) is 59.8 Å². The van der Waals surface area contributed by atoms with Crippen LogP contribution in [-0.4, -0.2) is 181 Å². The molecule has 25 heteroatoms. The zero-order valence-electron chi connectivity index (χ0n) is 43.5. The maximum Gasteiger partial charge on any atom is 0.303 e. The lowest BCUT2D eigenvalue weighted by molar-refractivity contribution is -0.139. The molecular weight excluding hydrogens is 986 g/mol. The van der Waals surface area contributed by atoms with Gasteiger partial charge in [0, 0.05) is 83.0 Å². The zero-order valence-corrected chi connectivity index (χ0v) is 44.2. The van der Waals surface area contributed by atoms with Crippen LogP contribution in [0.2, 0.25) is 0 Å². The van der Waals surface area contributed by atoms with Gasteiger partial charge in [0.25, 0.3) is 0 Å². The summed E-state index contributed by atoms with van der Waals surface area (Å²) >= 11 is 0. The average molecular weight is 1060 g/mol. The highest BCUT2D eigenvalue weighted by atomic mass is 35.5. The van der Waals surface area contributed by atoms with E-state index in [-0.39, 0.29) is 55.8 Å². The summed E-state index contributed by atoms with van der Waals surface area (Å²) in [5.74, 6) is 2.95. The minimum atomic E-state index is -1.01. The fourth-order valence-corrected chi connectivity index (χ4v) is 9.05. The molecule has 2 aliphatic rings. The lowest BCUT2D eigenvalue weighted by Crippen LogP contribution is -3.00. The van der Waals surface area contributed by atoms with Gasteiger partial charge in [0.1, 0.15) is 18.7 Å². The van der Waals surface area contributed by atoms with Crippen LogP contribution in [0.1, 0.15) is 94.6 Å². The van der Waals surface area contributed by atoms with Crippen molar-refractivity contribution in [3.63, 3.8) is 0 Å². The first-order valence-electron chi connectivity index (χ1n) is 25.6. The van der Waals surface area contributed by atoms with Gasteiger partial charge in [0.05, 0.1) is 68.9 Å². The molecular formula is C50H73ClN17O7-. The standard InChI is InChI=1S/C50H73N17O7.ClH/c1-6-22-72-24-26-74-27-25-73-23-13-53-48-55-49(64-18-14-62(15-19-64)46(70)43(11-12-45(68)69)66-32-41(58-60-66)38(51)28-34(2)3)57-50(56-48)65-20-16-63(17-21-65)47(71)44(31-37-30-36-9-7-8-10-40(36)54-37)67-33-42(59-61-67)39(52)29-35(4)5;/h1,7-10,30,32-35,38-39,43-44,54H,11-29,31,51-52H2,2-5H3,(H,68,69)(H,53,55,56,57);1H/p-1. The smallest absolute Gasteiger partial charge is 0.303 e. The van der Waals surface area contributed by atoms with Crippen LogP contribution in [-0.2, 0) is 35.0 Å². The third kappa shape index (κ3) is 16.5. The number of aromatic nitrogens is 10. The average Bonchev–Trinajstić information content (AvgIpc) is 4.18. The van der Waals surface area contributed by atoms with Crippen LogP contribution in [0.25, 0.3) is 10.9 Å². The number of amides is 2. The number of hydrogen-bond acceptors (Lipinski definition) is 18. The second-order valence-electron chi connectivity index (χ2n) is 19.6. The monoisotopic (exact) mass is 1060 g/mol. The number of carbonyl (C=O) groups excluding carboxylic acids is 2. The molecule has 0 radical (unpaired) electrons. The largest absolute Gasteiger partial charge is 1.00 e. The Morgan fingerprint density at radius 3 is 1.80 bits per heavy atom. The van der Waals surface area contributed by atoms with Crippen LogP contribution >= 0.6 is 0 Å². The van der Waals surface area contributed by atoms with Crippen LogP contribution in [0, 0.1) is 24.2 Å². The van der Waals surface area contributed by atoms with Gasteiger partial charge in [-0.15, -0.1) is 16.6 Å². The lowest BCUT2D eigenvalue weighted by atomic mass is 10.0. The first-order chi connectivity index (χ1) is 35.8. The van der Waals surface area contributed by atoms with Gasteiger partial charge in [-0.1, -0.05) is 62.2 Å². The van der Waals surface area contributed by atoms with Gasteiger partial charge in [0.2, 0.25) is 29.7 Å².